The lowest BCUT2D eigenvalue weighted by Gasteiger charge is -2.51. The number of nitrogens with zero attached hydrogens (tertiary/aromatic N) is 10. The van der Waals surface area contributed by atoms with Gasteiger partial charge in [0.15, 0.2) is 23.0 Å². The van der Waals surface area contributed by atoms with E-state index in [0.29, 0.717) is 107 Å². The predicted octanol–water partition coefficient (Wildman–Crippen LogP) is 10.8. The van der Waals surface area contributed by atoms with Crippen molar-refractivity contribution >= 4 is 23.2 Å². The number of benzene rings is 5. The molecule has 564 valence electrons. The summed E-state index contributed by atoms with van der Waals surface area (Å²) in [5.41, 5.74) is 6.57. The number of rotatable bonds is 12. The Balaban J connectivity index is 0.000000119. The maximum absolute atomic E-state index is 13.8. The Kier molecular flexibility index (Phi) is 23.4. The molecule has 27 heteroatoms. The highest BCUT2D eigenvalue weighted by Crippen LogP contribution is 2.54. The van der Waals surface area contributed by atoms with E-state index >= 15 is 0 Å². The van der Waals surface area contributed by atoms with E-state index in [9.17, 15) is 67.1 Å². The second kappa shape index (κ2) is 33.2. The molecular formula is C81H82Cl2F4N10O11. The summed E-state index contributed by atoms with van der Waals surface area (Å²) in [4.78, 5) is 68.6. The van der Waals surface area contributed by atoms with Crippen LogP contribution in [0.1, 0.15) is 81.2 Å². The highest BCUT2D eigenvalue weighted by atomic mass is 35.5. The molecule has 108 heavy (non-hydrogen) atoms. The molecule has 2 unspecified atom stereocenters. The minimum Gasteiger partial charge on any atom is -0.503 e. The Hall–Kier alpha value is -10.1. The number of aromatic nitrogens is 5. The van der Waals surface area contributed by atoms with Crippen molar-refractivity contribution in [2.24, 2.45) is 0 Å². The van der Waals surface area contributed by atoms with Gasteiger partial charge in [-0.2, -0.15) is 4.39 Å². The van der Waals surface area contributed by atoms with Crippen LogP contribution in [0.3, 0.4) is 0 Å². The van der Waals surface area contributed by atoms with Crippen molar-refractivity contribution in [3.63, 3.8) is 0 Å². The molecule has 0 spiro atoms. The van der Waals surface area contributed by atoms with Crippen molar-refractivity contribution in [1.82, 2.24) is 47.3 Å². The third kappa shape index (κ3) is 16.6. The number of ether oxygens (including phenoxy) is 1. The van der Waals surface area contributed by atoms with Gasteiger partial charge in [-0.25, -0.2) is 13.2 Å². The van der Waals surface area contributed by atoms with Crippen molar-refractivity contribution in [1.29, 1.82) is 0 Å². The van der Waals surface area contributed by atoms with Crippen LogP contribution in [0.5, 0.6) is 28.7 Å². The average molecular weight is 1520 g/mol. The van der Waals surface area contributed by atoms with Crippen LogP contribution in [0, 0.1) is 5.95 Å². The first-order valence-electron chi connectivity index (χ1n) is 35.7. The minimum absolute atomic E-state index is 0.0114. The first kappa shape index (κ1) is 76.1. The molecule has 1 saturated heterocycles. The van der Waals surface area contributed by atoms with E-state index in [4.69, 9.17) is 27.9 Å². The summed E-state index contributed by atoms with van der Waals surface area (Å²) in [5, 5.41) is 48.9. The molecule has 10 aromatic rings. The first-order valence-corrected chi connectivity index (χ1v) is 36.4. The van der Waals surface area contributed by atoms with Crippen molar-refractivity contribution in [3.8, 4) is 28.7 Å². The second-order valence-electron chi connectivity index (χ2n) is 27.9. The van der Waals surface area contributed by atoms with Gasteiger partial charge in [0, 0.05) is 179 Å². The molecule has 21 nitrogen and oxygen atoms in total. The molecule has 2 fully saturated rings. The fourth-order valence-electron chi connectivity index (χ4n) is 15.2. The van der Waals surface area contributed by atoms with E-state index in [2.05, 4.69) is 45.0 Å². The highest BCUT2D eigenvalue weighted by molar-refractivity contribution is 6.31. The standard InChI is InChI=1S/C17H17ClN2O2.C17H18N2O3.C16H16F2N2O2.C16H17FN2O2.C15H14ClFN2O2/c18-14-4-2-1-3-13(14)17(5-6-17)20-8-7-19-11-16(22)15(21)9-12(19)10-20;20-15-8-14-9-19(7-6-18(14)10-16(15)21)17(11-22-12-17)13-4-2-1-3-5-13;17-16(18)15(11-4-2-1-3-5-11)20-7-6-19-10-14(22)13(21)8-12(19)9-20;17-9-14(12-4-2-1-3-5-12)19-7-6-18-11-16(21)15(20)8-13(18)10-19;16-12-4-2-1-3-10(12)8-18-5-6-19-11(9-18)7-13(20)14(21)15(19)17/h1-4,9,11,22H,5-8,10H2;1-5,8,10,21H,6-7,9,11-12H2;1-5,8,10,15-16,22H,6-7,9H2;1-5,8,11,14,21H,6-7,9-10H2;1-4,7,21H,5-6,8-9H2. The number of aromatic hydroxyl groups is 5. The average Bonchev–Trinajstić information content (AvgIpc) is 1.06. The van der Waals surface area contributed by atoms with Crippen LogP contribution >= 0.6 is 23.2 Å². The zero-order valence-corrected chi connectivity index (χ0v) is 60.5. The number of halogens is 6. The second-order valence-corrected chi connectivity index (χ2v) is 28.7. The summed E-state index contributed by atoms with van der Waals surface area (Å²) >= 11 is 12.5. The molecule has 0 amide bonds. The van der Waals surface area contributed by atoms with E-state index in [1.165, 1.54) is 46.3 Å². The highest BCUT2D eigenvalue weighted by Gasteiger charge is 2.51. The van der Waals surface area contributed by atoms with Gasteiger partial charge in [0.2, 0.25) is 38.8 Å². The van der Waals surface area contributed by atoms with E-state index in [1.54, 1.807) is 64.3 Å². The van der Waals surface area contributed by atoms with Crippen LogP contribution in [0.15, 0.2) is 219 Å². The minimum atomic E-state index is -2.52. The number of hydrogen-bond acceptors (Lipinski definition) is 16. The third-order valence-electron chi connectivity index (χ3n) is 21.2. The summed E-state index contributed by atoms with van der Waals surface area (Å²) in [6, 6.07) is 50.0. The van der Waals surface area contributed by atoms with E-state index < -0.39 is 41.7 Å². The topological polar surface area (TPSA) is 237 Å². The maximum Gasteiger partial charge on any atom is 0.258 e. The lowest BCUT2D eigenvalue weighted by atomic mass is 9.85. The molecule has 0 radical (unpaired) electrons. The molecular weight excluding hydrogens is 1440 g/mol. The molecule has 11 heterocycles. The van der Waals surface area contributed by atoms with Gasteiger partial charge >= 0.3 is 0 Å². The van der Waals surface area contributed by atoms with Gasteiger partial charge in [-0.3, -0.25) is 48.5 Å². The zero-order valence-electron chi connectivity index (χ0n) is 59.0. The van der Waals surface area contributed by atoms with Gasteiger partial charge in [0.1, 0.15) is 6.67 Å². The molecule has 5 N–H and O–H groups in total. The van der Waals surface area contributed by atoms with Gasteiger partial charge in [0.05, 0.1) is 55.6 Å². The Morgan fingerprint density at radius 3 is 1.36 bits per heavy atom. The van der Waals surface area contributed by atoms with Gasteiger partial charge in [0.25, 0.3) is 6.43 Å². The van der Waals surface area contributed by atoms with E-state index in [1.807, 2.05) is 97.5 Å². The number of fused-ring (bicyclic) bond motifs is 5. The summed E-state index contributed by atoms with van der Waals surface area (Å²) in [6.45, 7) is 10.6. The fraction of sp³-hybridized carbons (Fsp3) is 0.321. The quantitative estimate of drug-likeness (QED) is 0.0565. The predicted molar refractivity (Wildman–Crippen MR) is 401 cm³/mol. The molecule has 7 aliphatic rings. The van der Waals surface area contributed by atoms with Crippen molar-refractivity contribution in [3.05, 3.63) is 318 Å². The smallest absolute Gasteiger partial charge is 0.258 e. The lowest BCUT2D eigenvalue weighted by Crippen LogP contribution is -2.61. The van der Waals surface area contributed by atoms with E-state index in [0.717, 1.165) is 72.3 Å². The monoisotopic (exact) mass is 1520 g/mol. The molecule has 1 saturated carbocycles. The Morgan fingerprint density at radius 2 is 0.880 bits per heavy atom. The summed E-state index contributed by atoms with van der Waals surface area (Å²) in [5.74, 6) is -2.57. The molecule has 1 aliphatic carbocycles. The molecule has 5 aromatic heterocycles. The van der Waals surface area contributed by atoms with Crippen LogP contribution in [0.25, 0.3) is 0 Å². The van der Waals surface area contributed by atoms with Crippen molar-refractivity contribution in [2.45, 2.75) is 114 Å². The molecule has 2 atom stereocenters. The van der Waals surface area contributed by atoms with Gasteiger partial charge < -0.3 is 53.1 Å². The van der Waals surface area contributed by atoms with Gasteiger partial charge in [-0.1, -0.05) is 151 Å². The number of alkyl halides is 3. The van der Waals surface area contributed by atoms with Crippen LogP contribution in [-0.4, -0.2) is 132 Å². The van der Waals surface area contributed by atoms with Gasteiger partial charge in [-0.15, -0.1) is 0 Å². The van der Waals surface area contributed by atoms with Gasteiger partial charge in [-0.05, 0) is 52.8 Å². The Labute approximate surface area is 629 Å². The molecule has 0 bridgehead atoms. The largest absolute Gasteiger partial charge is 0.503 e. The number of hydrogen-bond donors (Lipinski definition) is 5. The summed E-state index contributed by atoms with van der Waals surface area (Å²) in [7, 11) is 0. The van der Waals surface area contributed by atoms with Crippen LogP contribution in [-0.2, 0) is 87.8 Å². The normalized spacial score (nSPS) is 17.6. The zero-order chi connectivity index (χ0) is 76.0. The molecule has 5 aromatic carbocycles. The van der Waals surface area contributed by atoms with E-state index in [-0.39, 0.29) is 62.9 Å². The van der Waals surface area contributed by atoms with Crippen molar-refractivity contribution < 1.29 is 47.8 Å². The summed E-state index contributed by atoms with van der Waals surface area (Å²) < 4.78 is 68.8. The first-order chi connectivity index (χ1) is 52.1. The fourth-order valence-corrected chi connectivity index (χ4v) is 15.7. The Bertz CT molecular complexity index is 5180. The molecule has 6 aliphatic heterocycles. The lowest BCUT2D eigenvalue weighted by molar-refractivity contribution is -0.154. The Morgan fingerprint density at radius 1 is 0.444 bits per heavy atom. The maximum atomic E-state index is 13.8. The van der Waals surface area contributed by atoms with Crippen LogP contribution in [0.2, 0.25) is 10.0 Å². The van der Waals surface area contributed by atoms with Crippen LogP contribution < -0.4 is 27.1 Å². The summed E-state index contributed by atoms with van der Waals surface area (Å²) in [6.07, 6.45) is 5.60. The number of pyridine rings is 5. The SMILES string of the molecule is O=c1cc2n(c(F)c1O)CCN(Cc1ccccc1Cl)C2.O=c1cc2n(cc1O)CCN(C(CF)c1ccccc1)C2.O=c1cc2n(cc1O)CCN(C(c1ccccc1)C(F)F)C2.O=c1cc2n(cc1O)CCN(C1(c3ccccc3)COC1)C2.O=c1cc2n(cc1O)CCN(C1(c3ccccc3Cl)CC1)C2. The van der Waals surface area contributed by atoms with Crippen molar-refractivity contribution in [2.75, 3.05) is 52.6 Å². The molecule has 17 rings (SSSR count). The third-order valence-corrected chi connectivity index (χ3v) is 21.9. The van der Waals surface area contributed by atoms with Crippen LogP contribution in [0.4, 0.5) is 17.6 Å².